The zero-order valence-corrected chi connectivity index (χ0v) is 13.7. The summed E-state index contributed by atoms with van der Waals surface area (Å²) in [4.78, 5) is 32.0. The average molecular weight is 341 g/mol. The lowest BCUT2D eigenvalue weighted by atomic mass is 10.2. The fourth-order valence-corrected chi connectivity index (χ4v) is 2.67. The first-order valence-electron chi connectivity index (χ1n) is 7.25. The van der Waals surface area contributed by atoms with Gasteiger partial charge in [-0.15, -0.1) is 11.3 Å². The number of thiazole rings is 1. The number of nitrogens with one attached hydrogen (secondary N) is 2. The van der Waals surface area contributed by atoms with Gasteiger partial charge in [-0.05, 0) is 12.5 Å². The number of aromatic nitrogens is 2. The Labute approximate surface area is 142 Å². The molecule has 0 fully saturated rings. The van der Waals surface area contributed by atoms with Gasteiger partial charge < -0.3 is 9.72 Å². The smallest absolute Gasteiger partial charge is 0.273 e. The number of aromatic amines is 1. The molecule has 0 aliphatic heterocycles. The second kappa shape index (κ2) is 7.10. The van der Waals surface area contributed by atoms with E-state index in [1.54, 1.807) is 6.20 Å². The Balaban J connectivity index is 1.67. The van der Waals surface area contributed by atoms with Gasteiger partial charge in [0.05, 0.1) is 0 Å². The molecule has 0 spiro atoms. The molecule has 24 heavy (non-hydrogen) atoms. The highest BCUT2D eigenvalue weighted by Gasteiger charge is 2.11. The Morgan fingerprint density at radius 2 is 2.12 bits per heavy atom. The van der Waals surface area contributed by atoms with Gasteiger partial charge in [-0.2, -0.15) is 0 Å². The number of nitrogens with zero attached hydrogens (tertiary/aromatic N) is 1. The van der Waals surface area contributed by atoms with Crippen LogP contribution in [-0.4, -0.2) is 15.9 Å². The number of benzene rings is 1. The minimum Gasteiger partial charge on any atom is -0.483 e. The summed E-state index contributed by atoms with van der Waals surface area (Å²) in [5, 5.41) is 3.13. The zero-order valence-electron chi connectivity index (χ0n) is 12.9. The summed E-state index contributed by atoms with van der Waals surface area (Å²) in [5.74, 6) is -0.253. The first-order chi connectivity index (χ1) is 11.6. The van der Waals surface area contributed by atoms with E-state index in [1.165, 1.54) is 23.6 Å². The minimum absolute atomic E-state index is 0.153. The van der Waals surface area contributed by atoms with Crippen molar-refractivity contribution in [3.8, 4) is 5.75 Å². The van der Waals surface area contributed by atoms with Gasteiger partial charge in [0.25, 0.3) is 5.91 Å². The summed E-state index contributed by atoms with van der Waals surface area (Å²) in [7, 11) is 0. The van der Waals surface area contributed by atoms with Crippen LogP contribution >= 0.6 is 11.3 Å². The lowest BCUT2D eigenvalue weighted by molar-refractivity contribution is 0.102. The van der Waals surface area contributed by atoms with E-state index in [9.17, 15) is 9.59 Å². The molecule has 3 rings (SSSR count). The van der Waals surface area contributed by atoms with Crippen LogP contribution in [0.25, 0.3) is 0 Å². The van der Waals surface area contributed by atoms with E-state index in [0.29, 0.717) is 5.13 Å². The van der Waals surface area contributed by atoms with Gasteiger partial charge in [0.1, 0.15) is 12.3 Å². The third-order valence-corrected chi connectivity index (χ3v) is 4.03. The first kappa shape index (κ1) is 15.9. The van der Waals surface area contributed by atoms with Crippen molar-refractivity contribution in [2.75, 3.05) is 5.32 Å². The molecule has 0 bridgehead atoms. The molecule has 2 aromatic heterocycles. The van der Waals surface area contributed by atoms with Crippen molar-refractivity contribution < 1.29 is 9.53 Å². The standard InChI is InChI=1S/C17H15N3O3S/c1-11-8-19-17(24-11)20-16(22)13-7-14(21)15(9-18-13)23-10-12-5-3-2-4-6-12/h2-9H,10H2,1H3,(H,18,21)(H,19,20,22). The number of H-pyrrole nitrogens is 1. The van der Waals surface area contributed by atoms with Crippen LogP contribution in [0.3, 0.4) is 0 Å². The van der Waals surface area contributed by atoms with Crippen molar-refractivity contribution >= 4 is 22.4 Å². The normalized spacial score (nSPS) is 10.4. The summed E-state index contributed by atoms with van der Waals surface area (Å²) < 4.78 is 5.49. The van der Waals surface area contributed by atoms with Crippen molar-refractivity contribution in [1.82, 2.24) is 9.97 Å². The molecule has 0 unspecified atom stereocenters. The highest BCUT2D eigenvalue weighted by Crippen LogP contribution is 2.17. The van der Waals surface area contributed by atoms with Crippen molar-refractivity contribution in [2.24, 2.45) is 0 Å². The van der Waals surface area contributed by atoms with E-state index < -0.39 is 5.91 Å². The van der Waals surface area contributed by atoms with Gasteiger partial charge in [-0.25, -0.2) is 4.98 Å². The fraction of sp³-hybridized carbons (Fsp3) is 0.118. The molecule has 3 aromatic rings. The minimum atomic E-state index is -0.420. The lowest BCUT2D eigenvalue weighted by Gasteiger charge is -2.07. The Hall–Kier alpha value is -2.93. The molecule has 122 valence electrons. The third-order valence-electron chi connectivity index (χ3n) is 3.20. The number of rotatable bonds is 5. The van der Waals surface area contributed by atoms with Crippen LogP contribution < -0.4 is 15.5 Å². The number of pyridine rings is 1. The van der Waals surface area contributed by atoms with Crippen LogP contribution in [0.5, 0.6) is 5.75 Å². The van der Waals surface area contributed by atoms with Gasteiger partial charge in [0, 0.05) is 23.3 Å². The molecule has 2 heterocycles. The number of anilines is 1. The number of carbonyl (C=O) groups is 1. The highest BCUT2D eigenvalue weighted by atomic mass is 32.1. The summed E-state index contributed by atoms with van der Waals surface area (Å²) in [6, 6.07) is 10.7. The van der Waals surface area contributed by atoms with E-state index in [4.69, 9.17) is 4.74 Å². The third kappa shape index (κ3) is 3.88. The second-order valence-corrected chi connectivity index (χ2v) is 6.31. The van der Waals surface area contributed by atoms with Crippen molar-refractivity contribution in [3.05, 3.63) is 75.1 Å². The van der Waals surface area contributed by atoms with Crippen LogP contribution in [-0.2, 0) is 6.61 Å². The number of aryl methyl sites for hydroxylation is 1. The quantitative estimate of drug-likeness (QED) is 0.747. The van der Waals surface area contributed by atoms with E-state index in [1.807, 2.05) is 37.3 Å². The number of carbonyl (C=O) groups excluding carboxylic acids is 1. The van der Waals surface area contributed by atoms with Gasteiger partial charge in [0.15, 0.2) is 10.9 Å². The maximum atomic E-state index is 12.1. The topological polar surface area (TPSA) is 84.1 Å². The molecular formula is C17H15N3O3S. The molecule has 7 heteroatoms. The maximum Gasteiger partial charge on any atom is 0.273 e. The van der Waals surface area contributed by atoms with Crippen LogP contribution in [0.4, 0.5) is 5.13 Å². The Morgan fingerprint density at radius 3 is 2.79 bits per heavy atom. The van der Waals surface area contributed by atoms with Gasteiger partial charge in [-0.3, -0.25) is 14.9 Å². The number of hydrogen-bond donors (Lipinski definition) is 2. The molecule has 0 saturated heterocycles. The molecule has 2 N–H and O–H groups in total. The lowest BCUT2D eigenvalue weighted by Crippen LogP contribution is -2.17. The van der Waals surface area contributed by atoms with Crippen molar-refractivity contribution in [2.45, 2.75) is 13.5 Å². The summed E-state index contributed by atoms with van der Waals surface area (Å²) in [6.07, 6.45) is 3.07. The Kier molecular flexibility index (Phi) is 4.72. The van der Waals surface area contributed by atoms with Gasteiger partial charge in [0.2, 0.25) is 5.43 Å². The van der Waals surface area contributed by atoms with Gasteiger partial charge in [-0.1, -0.05) is 30.3 Å². The number of ether oxygens (including phenoxy) is 1. The summed E-state index contributed by atoms with van der Waals surface area (Å²) >= 11 is 1.36. The number of amides is 1. The Morgan fingerprint density at radius 1 is 1.33 bits per heavy atom. The summed E-state index contributed by atoms with van der Waals surface area (Å²) in [6.45, 7) is 2.18. The van der Waals surface area contributed by atoms with Crippen LogP contribution in [0, 0.1) is 6.92 Å². The monoisotopic (exact) mass is 341 g/mol. The van der Waals surface area contributed by atoms with Crippen LogP contribution in [0.1, 0.15) is 20.9 Å². The molecular weight excluding hydrogens is 326 g/mol. The fourth-order valence-electron chi connectivity index (χ4n) is 2.01. The molecule has 0 atom stereocenters. The van der Waals surface area contributed by atoms with E-state index >= 15 is 0 Å². The van der Waals surface area contributed by atoms with Crippen molar-refractivity contribution in [1.29, 1.82) is 0 Å². The predicted octanol–water partition coefficient (Wildman–Crippen LogP) is 2.97. The highest BCUT2D eigenvalue weighted by molar-refractivity contribution is 7.15. The zero-order chi connectivity index (χ0) is 16.9. The first-order valence-corrected chi connectivity index (χ1v) is 8.07. The summed E-state index contributed by atoms with van der Waals surface area (Å²) in [5.41, 5.74) is 0.753. The second-order valence-electron chi connectivity index (χ2n) is 5.08. The SMILES string of the molecule is Cc1cnc(NC(=O)c2cc(=O)c(OCc3ccccc3)c[nH]2)s1. The molecule has 0 aliphatic rings. The maximum absolute atomic E-state index is 12.1. The molecule has 0 aliphatic carbocycles. The largest absolute Gasteiger partial charge is 0.483 e. The average Bonchev–Trinajstić information content (AvgIpc) is 2.99. The van der Waals surface area contributed by atoms with Gasteiger partial charge >= 0.3 is 0 Å². The molecule has 6 nitrogen and oxygen atoms in total. The number of hydrogen-bond acceptors (Lipinski definition) is 5. The Bertz CT molecular complexity index is 903. The molecule has 0 saturated carbocycles. The molecule has 1 aromatic carbocycles. The van der Waals surface area contributed by atoms with Crippen molar-refractivity contribution in [3.63, 3.8) is 0 Å². The van der Waals surface area contributed by atoms with E-state index in [2.05, 4.69) is 15.3 Å². The van der Waals surface area contributed by atoms with Crippen LogP contribution in [0.15, 0.2) is 53.6 Å². The molecule has 0 radical (unpaired) electrons. The van der Waals surface area contributed by atoms with Crippen LogP contribution in [0.2, 0.25) is 0 Å². The van der Waals surface area contributed by atoms with E-state index in [0.717, 1.165) is 10.4 Å². The molecule has 1 amide bonds. The predicted molar refractivity (Wildman–Crippen MR) is 92.6 cm³/mol. The van der Waals surface area contributed by atoms with E-state index in [-0.39, 0.29) is 23.5 Å².